The lowest BCUT2D eigenvalue weighted by Crippen LogP contribution is -2.45. The molecular weight excluding hydrogens is 312 g/mol. The Labute approximate surface area is 142 Å². The monoisotopic (exact) mass is 334 g/mol. The van der Waals surface area contributed by atoms with E-state index >= 15 is 0 Å². The van der Waals surface area contributed by atoms with E-state index in [9.17, 15) is 0 Å². The molecule has 2 heterocycles. The average Bonchev–Trinajstić information content (AvgIpc) is 2.84. The smallest absolute Gasteiger partial charge is 0.147 e. The van der Waals surface area contributed by atoms with Gasteiger partial charge in [-0.3, -0.25) is 4.90 Å². The predicted molar refractivity (Wildman–Crippen MR) is 90.8 cm³/mol. The molecule has 1 fully saturated rings. The van der Waals surface area contributed by atoms with E-state index in [4.69, 9.17) is 16.3 Å². The Hall–Kier alpha value is -1.43. The lowest BCUT2D eigenvalue weighted by molar-refractivity contribution is -0.0374. The number of nitrogens with zero attached hydrogens (tertiary/aromatic N) is 4. The number of aromatic nitrogens is 3. The number of rotatable bonds is 5. The molecule has 23 heavy (non-hydrogen) atoms. The fourth-order valence-electron chi connectivity index (χ4n) is 3.00. The summed E-state index contributed by atoms with van der Waals surface area (Å²) >= 11 is 6.24. The zero-order chi connectivity index (χ0) is 16.2. The van der Waals surface area contributed by atoms with Gasteiger partial charge < -0.3 is 4.74 Å². The first-order chi connectivity index (χ1) is 11.1. The van der Waals surface area contributed by atoms with Crippen molar-refractivity contribution in [2.45, 2.75) is 32.9 Å². The molecule has 1 aliphatic heterocycles. The van der Waals surface area contributed by atoms with E-state index in [1.54, 1.807) is 0 Å². The minimum atomic E-state index is 0.162. The molecule has 1 atom stereocenters. The Bertz CT molecular complexity index is 658. The lowest BCUT2D eigenvalue weighted by Gasteiger charge is -2.33. The van der Waals surface area contributed by atoms with Crippen molar-refractivity contribution in [2.75, 3.05) is 26.2 Å². The number of benzene rings is 1. The zero-order valence-electron chi connectivity index (χ0n) is 13.7. The first kappa shape index (κ1) is 16.4. The van der Waals surface area contributed by atoms with E-state index < -0.39 is 0 Å². The molecule has 0 bridgehead atoms. The molecule has 124 valence electrons. The Morgan fingerprint density at radius 3 is 2.87 bits per heavy atom. The van der Waals surface area contributed by atoms with E-state index in [1.807, 2.05) is 36.7 Å². The van der Waals surface area contributed by atoms with Crippen molar-refractivity contribution in [2.24, 2.45) is 0 Å². The van der Waals surface area contributed by atoms with Crippen molar-refractivity contribution < 1.29 is 4.74 Å². The van der Waals surface area contributed by atoms with Gasteiger partial charge in [-0.05, 0) is 31.9 Å². The minimum absolute atomic E-state index is 0.162. The zero-order valence-corrected chi connectivity index (χ0v) is 14.5. The summed E-state index contributed by atoms with van der Waals surface area (Å²) in [6.07, 6.45) is 1.13. The van der Waals surface area contributed by atoms with E-state index in [0.29, 0.717) is 0 Å². The summed E-state index contributed by atoms with van der Waals surface area (Å²) in [5.74, 6) is 1.76. The van der Waals surface area contributed by atoms with E-state index in [0.717, 1.165) is 55.9 Å². The molecule has 2 aromatic rings. The Balaban J connectivity index is 1.54. The number of aryl methyl sites for hydroxylation is 2. The number of halogens is 1. The Morgan fingerprint density at radius 1 is 1.30 bits per heavy atom. The van der Waals surface area contributed by atoms with Crippen LogP contribution in [-0.4, -0.2) is 52.0 Å². The number of hydrogen-bond donors (Lipinski definition) is 0. The molecule has 0 aliphatic carbocycles. The largest absolute Gasteiger partial charge is 0.374 e. The van der Waals surface area contributed by atoms with Crippen molar-refractivity contribution in [1.82, 2.24) is 19.7 Å². The van der Waals surface area contributed by atoms with Crippen LogP contribution in [0.15, 0.2) is 24.3 Å². The second-order valence-electron chi connectivity index (χ2n) is 6.02. The van der Waals surface area contributed by atoms with Crippen LogP contribution in [0.5, 0.6) is 0 Å². The summed E-state index contributed by atoms with van der Waals surface area (Å²) in [5.41, 5.74) is 1.21. The summed E-state index contributed by atoms with van der Waals surface area (Å²) < 4.78 is 7.84. The van der Waals surface area contributed by atoms with Crippen LogP contribution in [0.25, 0.3) is 0 Å². The standard InChI is InChI=1S/C17H23ClN4O/c1-13-19-14(2)22(20-13)12-16-11-21(9-10-23-16)8-7-15-5-3-4-6-17(15)18/h3-6,16H,7-12H2,1-2H3/t16-/m1/s1. The van der Waals surface area contributed by atoms with Crippen LogP contribution in [0.2, 0.25) is 5.02 Å². The summed E-state index contributed by atoms with van der Waals surface area (Å²) in [6.45, 7) is 8.31. The molecule has 6 heteroatoms. The van der Waals surface area contributed by atoms with Gasteiger partial charge in [0.05, 0.1) is 19.3 Å². The molecule has 0 N–H and O–H groups in total. The van der Waals surface area contributed by atoms with Gasteiger partial charge in [-0.15, -0.1) is 0 Å². The van der Waals surface area contributed by atoms with Crippen LogP contribution >= 0.6 is 11.6 Å². The SMILES string of the molecule is Cc1nc(C)n(C[C@H]2CN(CCc3ccccc3Cl)CCO2)n1. The van der Waals surface area contributed by atoms with Gasteiger partial charge in [0.25, 0.3) is 0 Å². The minimum Gasteiger partial charge on any atom is -0.374 e. The quantitative estimate of drug-likeness (QED) is 0.842. The number of hydrogen-bond acceptors (Lipinski definition) is 4. The molecule has 0 amide bonds. The van der Waals surface area contributed by atoms with E-state index in [-0.39, 0.29) is 6.10 Å². The molecule has 0 spiro atoms. The first-order valence-corrected chi connectivity index (χ1v) is 8.45. The highest BCUT2D eigenvalue weighted by Gasteiger charge is 2.22. The van der Waals surface area contributed by atoms with Gasteiger partial charge in [0.2, 0.25) is 0 Å². The molecule has 0 radical (unpaired) electrons. The molecular formula is C17H23ClN4O. The molecule has 1 aliphatic rings. The van der Waals surface area contributed by atoms with Gasteiger partial charge in [-0.2, -0.15) is 5.10 Å². The van der Waals surface area contributed by atoms with Gasteiger partial charge in [0.1, 0.15) is 11.6 Å². The van der Waals surface area contributed by atoms with Crippen LogP contribution in [0.1, 0.15) is 17.2 Å². The highest BCUT2D eigenvalue weighted by molar-refractivity contribution is 6.31. The summed E-state index contributed by atoms with van der Waals surface area (Å²) in [6, 6.07) is 8.06. The van der Waals surface area contributed by atoms with Crippen molar-refractivity contribution in [3.05, 3.63) is 46.5 Å². The Kier molecular flexibility index (Phi) is 5.30. The van der Waals surface area contributed by atoms with Crippen molar-refractivity contribution in [3.8, 4) is 0 Å². The molecule has 1 aromatic carbocycles. The maximum absolute atomic E-state index is 6.24. The van der Waals surface area contributed by atoms with Gasteiger partial charge in [0, 0.05) is 24.7 Å². The maximum atomic E-state index is 6.24. The summed E-state index contributed by atoms with van der Waals surface area (Å²) in [5, 5.41) is 5.28. The molecule has 1 aromatic heterocycles. The third kappa shape index (κ3) is 4.31. The number of ether oxygens (including phenoxy) is 1. The second kappa shape index (κ2) is 7.43. The van der Waals surface area contributed by atoms with Crippen molar-refractivity contribution in [3.63, 3.8) is 0 Å². The van der Waals surface area contributed by atoms with Crippen LogP contribution in [0.3, 0.4) is 0 Å². The fraction of sp³-hybridized carbons (Fsp3) is 0.529. The normalized spacial score (nSPS) is 19.2. The molecule has 1 saturated heterocycles. The highest BCUT2D eigenvalue weighted by atomic mass is 35.5. The number of morpholine rings is 1. The maximum Gasteiger partial charge on any atom is 0.147 e. The van der Waals surface area contributed by atoms with Gasteiger partial charge >= 0.3 is 0 Å². The summed E-state index contributed by atoms with van der Waals surface area (Å²) in [7, 11) is 0. The molecule has 3 rings (SSSR count). The van der Waals surface area contributed by atoms with Crippen LogP contribution < -0.4 is 0 Å². The molecule has 0 unspecified atom stereocenters. The van der Waals surface area contributed by atoms with Gasteiger partial charge in [0.15, 0.2) is 0 Å². The lowest BCUT2D eigenvalue weighted by atomic mass is 10.1. The van der Waals surface area contributed by atoms with Gasteiger partial charge in [-0.1, -0.05) is 29.8 Å². The third-order valence-electron chi connectivity index (χ3n) is 4.22. The molecule has 5 nitrogen and oxygen atoms in total. The summed E-state index contributed by atoms with van der Waals surface area (Å²) in [4.78, 5) is 6.79. The van der Waals surface area contributed by atoms with Crippen LogP contribution in [-0.2, 0) is 17.7 Å². The van der Waals surface area contributed by atoms with Crippen molar-refractivity contribution >= 4 is 11.6 Å². The fourth-order valence-corrected chi connectivity index (χ4v) is 3.23. The van der Waals surface area contributed by atoms with Gasteiger partial charge in [-0.25, -0.2) is 9.67 Å². The molecule has 0 saturated carbocycles. The van der Waals surface area contributed by atoms with Crippen LogP contribution in [0.4, 0.5) is 0 Å². The van der Waals surface area contributed by atoms with E-state index in [2.05, 4.69) is 21.0 Å². The predicted octanol–water partition coefficient (Wildman–Crippen LogP) is 2.49. The first-order valence-electron chi connectivity index (χ1n) is 8.07. The van der Waals surface area contributed by atoms with E-state index in [1.165, 1.54) is 5.56 Å². The third-order valence-corrected chi connectivity index (χ3v) is 4.59. The average molecular weight is 335 g/mol. The Morgan fingerprint density at radius 2 is 2.13 bits per heavy atom. The van der Waals surface area contributed by atoms with Crippen LogP contribution in [0, 0.1) is 13.8 Å². The topological polar surface area (TPSA) is 43.2 Å². The highest BCUT2D eigenvalue weighted by Crippen LogP contribution is 2.16. The van der Waals surface area contributed by atoms with Crippen molar-refractivity contribution in [1.29, 1.82) is 0 Å². The second-order valence-corrected chi connectivity index (χ2v) is 6.43.